The van der Waals surface area contributed by atoms with E-state index < -0.39 is 29.1 Å². The molecule has 0 unspecified atom stereocenters. The van der Waals surface area contributed by atoms with Gasteiger partial charge < -0.3 is 9.64 Å². The molecule has 3 aromatic rings. The first-order valence-corrected chi connectivity index (χ1v) is 15.1. The van der Waals surface area contributed by atoms with Crippen LogP contribution in [0.1, 0.15) is 63.4 Å². The van der Waals surface area contributed by atoms with Gasteiger partial charge in [0.1, 0.15) is 28.7 Å². The molecule has 4 heterocycles. The zero-order valence-corrected chi connectivity index (χ0v) is 24.9. The molecule has 0 saturated carbocycles. The van der Waals surface area contributed by atoms with Crippen LogP contribution in [0.15, 0.2) is 48.8 Å². The number of likely N-dealkylation sites (tertiary alicyclic amines) is 2. The molecule has 3 aliphatic heterocycles. The van der Waals surface area contributed by atoms with E-state index in [-0.39, 0.29) is 47.5 Å². The summed E-state index contributed by atoms with van der Waals surface area (Å²) in [6.45, 7) is 2.22. The van der Waals surface area contributed by atoms with Gasteiger partial charge in [-0.25, -0.2) is 22.9 Å². The molecular formula is C33H31F3N6O4. The lowest BCUT2D eigenvalue weighted by atomic mass is 9.89. The average Bonchev–Trinajstić information content (AvgIpc) is 3.37. The van der Waals surface area contributed by atoms with Crippen molar-refractivity contribution in [1.82, 2.24) is 24.7 Å². The number of Topliss-reactive ketones (excluding diaryl/α,β-unsaturated/α-hetero) is 1. The minimum Gasteiger partial charge on any atom is -0.441 e. The van der Waals surface area contributed by atoms with Crippen LogP contribution in [-0.2, 0) is 17.8 Å². The molecule has 2 amide bonds. The standard InChI is InChI=1S/C33H31F3N6O4/c34-24-3-1-22(2-4-24)30(43)23-5-9-41(10-6-23)31(44)29-17-38-25(16-39-29)18-42-20-33(46-32(42)45)7-11-40(12-8-33)19-26-27(35)13-21(15-37)14-28(26)36/h1-4,13-14,16-17,23H,5-12,18-20H2. The van der Waals surface area contributed by atoms with Crippen molar-refractivity contribution >= 4 is 17.8 Å². The number of piperidine rings is 2. The van der Waals surface area contributed by atoms with Crippen LogP contribution in [0.5, 0.6) is 0 Å². The van der Waals surface area contributed by atoms with E-state index in [4.69, 9.17) is 10.00 Å². The van der Waals surface area contributed by atoms with Gasteiger partial charge in [-0.3, -0.25) is 24.4 Å². The van der Waals surface area contributed by atoms with Gasteiger partial charge in [0.2, 0.25) is 0 Å². The summed E-state index contributed by atoms with van der Waals surface area (Å²) in [6.07, 6.45) is 4.31. The molecule has 3 fully saturated rings. The molecule has 0 atom stereocenters. The molecule has 1 spiro atoms. The van der Waals surface area contributed by atoms with E-state index in [0.29, 0.717) is 69.7 Å². The number of carbonyl (C=O) groups is 3. The highest BCUT2D eigenvalue weighted by Crippen LogP contribution is 2.34. The van der Waals surface area contributed by atoms with Crippen LogP contribution in [0.25, 0.3) is 0 Å². The van der Waals surface area contributed by atoms with Crippen LogP contribution in [0.3, 0.4) is 0 Å². The Labute approximate surface area is 263 Å². The van der Waals surface area contributed by atoms with Gasteiger partial charge in [0.05, 0.1) is 42.8 Å². The summed E-state index contributed by atoms with van der Waals surface area (Å²) in [5.41, 5.74) is 0.215. The number of carbonyl (C=O) groups excluding carboxylic acids is 3. The fraction of sp³-hybridized carbons (Fsp3) is 0.394. The van der Waals surface area contributed by atoms with E-state index in [0.717, 1.165) is 12.1 Å². The minimum absolute atomic E-state index is 0.0455. The molecule has 0 radical (unpaired) electrons. The SMILES string of the molecule is N#Cc1cc(F)c(CN2CCC3(CC2)CN(Cc2cnc(C(=O)N4CCC(C(=O)c5ccc(F)cc5)CC4)cn2)C(=O)O3)c(F)c1. The van der Waals surface area contributed by atoms with Crippen molar-refractivity contribution in [2.75, 3.05) is 32.7 Å². The van der Waals surface area contributed by atoms with Gasteiger partial charge in [-0.2, -0.15) is 5.26 Å². The fourth-order valence-electron chi connectivity index (χ4n) is 6.33. The second kappa shape index (κ2) is 12.9. The third-order valence-corrected chi connectivity index (χ3v) is 9.02. The van der Waals surface area contributed by atoms with Gasteiger partial charge in [-0.05, 0) is 49.2 Å². The average molecular weight is 633 g/mol. The lowest BCUT2D eigenvalue weighted by Crippen LogP contribution is -2.46. The summed E-state index contributed by atoms with van der Waals surface area (Å²) in [4.78, 5) is 52.3. The van der Waals surface area contributed by atoms with Crippen molar-refractivity contribution in [3.8, 4) is 6.07 Å². The monoisotopic (exact) mass is 632 g/mol. The number of aromatic nitrogens is 2. The summed E-state index contributed by atoms with van der Waals surface area (Å²) in [5, 5.41) is 8.91. The molecule has 2 aromatic carbocycles. The van der Waals surface area contributed by atoms with Crippen LogP contribution in [0, 0.1) is 34.7 Å². The quantitative estimate of drug-likeness (QED) is 0.350. The number of nitrogens with zero attached hydrogens (tertiary/aromatic N) is 6. The Hall–Kier alpha value is -4.83. The molecule has 0 N–H and O–H groups in total. The molecule has 10 nitrogen and oxygen atoms in total. The van der Waals surface area contributed by atoms with Crippen molar-refractivity contribution in [3.05, 3.63) is 94.3 Å². The number of hydrogen-bond donors (Lipinski definition) is 0. The smallest absolute Gasteiger partial charge is 0.410 e. The first kappa shape index (κ1) is 31.2. The largest absolute Gasteiger partial charge is 0.441 e. The van der Waals surface area contributed by atoms with Crippen molar-refractivity contribution in [3.63, 3.8) is 0 Å². The van der Waals surface area contributed by atoms with Gasteiger partial charge in [0.25, 0.3) is 5.91 Å². The van der Waals surface area contributed by atoms with Crippen LogP contribution >= 0.6 is 0 Å². The summed E-state index contributed by atoms with van der Waals surface area (Å²) < 4.78 is 47.7. The highest BCUT2D eigenvalue weighted by atomic mass is 19.1. The number of ketones is 1. The van der Waals surface area contributed by atoms with Crippen LogP contribution in [0.4, 0.5) is 18.0 Å². The van der Waals surface area contributed by atoms with E-state index in [9.17, 15) is 27.6 Å². The van der Waals surface area contributed by atoms with E-state index in [2.05, 4.69) is 9.97 Å². The molecule has 3 saturated heterocycles. The van der Waals surface area contributed by atoms with Crippen LogP contribution in [-0.4, -0.2) is 80.8 Å². The Morgan fingerprint density at radius 3 is 2.24 bits per heavy atom. The van der Waals surface area contributed by atoms with E-state index in [1.165, 1.54) is 41.6 Å². The summed E-state index contributed by atoms with van der Waals surface area (Å²) in [6, 6.07) is 9.27. The number of rotatable bonds is 7. The lowest BCUT2D eigenvalue weighted by Gasteiger charge is -2.37. The van der Waals surface area contributed by atoms with Gasteiger partial charge in [0.15, 0.2) is 5.78 Å². The molecule has 3 aliphatic rings. The molecule has 13 heteroatoms. The highest BCUT2D eigenvalue weighted by molar-refractivity contribution is 5.98. The molecule has 0 bridgehead atoms. The summed E-state index contributed by atoms with van der Waals surface area (Å²) in [5.74, 6) is -2.52. The maximum absolute atomic E-state index is 14.4. The number of halogens is 3. The minimum atomic E-state index is -0.760. The lowest BCUT2D eigenvalue weighted by molar-refractivity contribution is -0.00166. The number of nitriles is 1. The van der Waals surface area contributed by atoms with Crippen molar-refractivity contribution < 1.29 is 32.3 Å². The second-order valence-electron chi connectivity index (χ2n) is 12.0. The Morgan fingerprint density at radius 1 is 0.957 bits per heavy atom. The van der Waals surface area contributed by atoms with Gasteiger partial charge in [-0.1, -0.05) is 0 Å². The van der Waals surface area contributed by atoms with Crippen molar-refractivity contribution in [2.24, 2.45) is 5.92 Å². The summed E-state index contributed by atoms with van der Waals surface area (Å²) >= 11 is 0. The molecule has 1 aromatic heterocycles. The van der Waals surface area contributed by atoms with Gasteiger partial charge in [0, 0.05) is 62.6 Å². The molecule has 238 valence electrons. The van der Waals surface area contributed by atoms with Crippen molar-refractivity contribution in [1.29, 1.82) is 5.26 Å². The molecular weight excluding hydrogens is 601 g/mol. The second-order valence-corrected chi connectivity index (χ2v) is 12.0. The zero-order valence-electron chi connectivity index (χ0n) is 24.9. The van der Waals surface area contributed by atoms with Crippen LogP contribution in [0.2, 0.25) is 0 Å². The first-order valence-electron chi connectivity index (χ1n) is 15.1. The van der Waals surface area contributed by atoms with Gasteiger partial charge in [-0.15, -0.1) is 0 Å². The topological polar surface area (TPSA) is 120 Å². The normalized spacial score (nSPS) is 18.4. The molecule has 6 rings (SSSR count). The van der Waals surface area contributed by atoms with Gasteiger partial charge >= 0.3 is 6.09 Å². The maximum Gasteiger partial charge on any atom is 0.410 e. The Morgan fingerprint density at radius 2 is 1.63 bits per heavy atom. The van der Waals surface area contributed by atoms with E-state index in [1.807, 2.05) is 4.90 Å². The molecule has 0 aliphatic carbocycles. The van der Waals surface area contributed by atoms with Crippen molar-refractivity contribution in [2.45, 2.75) is 44.4 Å². The first-order chi connectivity index (χ1) is 22.1. The number of benzene rings is 2. The third kappa shape index (κ3) is 6.57. The molecule has 46 heavy (non-hydrogen) atoms. The number of ether oxygens (including phenoxy) is 1. The number of amides is 2. The zero-order chi connectivity index (χ0) is 32.4. The number of hydrogen-bond acceptors (Lipinski definition) is 8. The predicted molar refractivity (Wildman–Crippen MR) is 157 cm³/mol. The maximum atomic E-state index is 14.4. The Bertz CT molecular complexity index is 1660. The Kier molecular flexibility index (Phi) is 8.73. The Balaban J connectivity index is 0.987. The summed E-state index contributed by atoms with van der Waals surface area (Å²) in [7, 11) is 0. The van der Waals surface area contributed by atoms with E-state index in [1.54, 1.807) is 11.0 Å². The van der Waals surface area contributed by atoms with Crippen LogP contribution < -0.4 is 0 Å². The predicted octanol–water partition coefficient (Wildman–Crippen LogP) is 4.49. The third-order valence-electron chi connectivity index (χ3n) is 9.02. The highest BCUT2D eigenvalue weighted by Gasteiger charge is 2.47. The van der Waals surface area contributed by atoms with E-state index >= 15 is 0 Å². The fourth-order valence-corrected chi connectivity index (χ4v) is 6.33.